The molecule has 0 spiro atoms. The van der Waals surface area contributed by atoms with Crippen LogP contribution in [-0.4, -0.2) is 35.5 Å². The van der Waals surface area contributed by atoms with Gasteiger partial charge in [-0.15, -0.1) is 0 Å². The van der Waals surface area contributed by atoms with Crippen LogP contribution in [0.5, 0.6) is 5.75 Å². The SMILES string of the molecule is COc1c([C@@H]2[C@@H](C(=O)Nc3ccn(C)c(=O)c3)O[C@](C)(C(F)(F)F)[C@@H]2C)ccc(F)c1F. The molecule has 0 radical (unpaired) electrons. The molecular weight excluding hydrogens is 439 g/mol. The van der Waals surface area contributed by atoms with Crippen molar-refractivity contribution in [1.29, 1.82) is 0 Å². The smallest absolute Gasteiger partial charge is 0.417 e. The third-order valence-electron chi connectivity index (χ3n) is 5.94. The van der Waals surface area contributed by atoms with Crippen LogP contribution >= 0.6 is 0 Å². The molecule has 1 aromatic carbocycles. The van der Waals surface area contributed by atoms with Crippen LogP contribution in [0.1, 0.15) is 25.3 Å². The normalized spacial score (nSPS) is 25.6. The molecule has 0 bridgehead atoms. The standard InChI is InChI=1S/C21H21F5N2O4/c1-10-15(12-5-6-13(22)16(23)17(12)31-4)18(32-20(10,2)21(24,25)26)19(30)27-11-7-8-28(3)14(29)9-11/h5-10,15,18H,1-4H3,(H,27,30)/t10-,15-,18+,20+/m1/s1. The molecule has 0 aliphatic carbocycles. The number of anilines is 1. The highest BCUT2D eigenvalue weighted by molar-refractivity contribution is 5.95. The van der Waals surface area contributed by atoms with Crippen LogP contribution in [0, 0.1) is 17.6 Å². The molecule has 1 aliphatic heterocycles. The Morgan fingerprint density at radius 2 is 1.91 bits per heavy atom. The number of halogens is 5. The summed E-state index contributed by atoms with van der Waals surface area (Å²) in [6.07, 6.45) is -5.24. The first-order chi connectivity index (χ1) is 14.8. The fourth-order valence-electron chi connectivity index (χ4n) is 3.88. The van der Waals surface area contributed by atoms with Crippen molar-refractivity contribution in [3.63, 3.8) is 0 Å². The number of alkyl halides is 3. The van der Waals surface area contributed by atoms with Crippen molar-refractivity contribution in [2.75, 3.05) is 12.4 Å². The highest BCUT2D eigenvalue weighted by atomic mass is 19.4. The quantitative estimate of drug-likeness (QED) is 0.706. The van der Waals surface area contributed by atoms with Gasteiger partial charge in [0.1, 0.15) is 6.10 Å². The summed E-state index contributed by atoms with van der Waals surface area (Å²) in [6.45, 7) is 2.01. The van der Waals surface area contributed by atoms with Gasteiger partial charge in [0, 0.05) is 42.4 Å². The molecule has 6 nitrogen and oxygen atoms in total. The van der Waals surface area contributed by atoms with Gasteiger partial charge in [0.25, 0.3) is 11.5 Å². The van der Waals surface area contributed by atoms with Crippen molar-refractivity contribution in [3.05, 3.63) is 58.0 Å². The highest BCUT2D eigenvalue weighted by Gasteiger charge is 2.65. The Hall–Kier alpha value is -2.95. The third kappa shape index (κ3) is 3.85. The second-order valence-corrected chi connectivity index (χ2v) is 7.80. The summed E-state index contributed by atoms with van der Waals surface area (Å²) >= 11 is 0. The number of benzene rings is 1. The number of amides is 1. The first-order valence-electron chi connectivity index (χ1n) is 9.55. The maximum Gasteiger partial charge on any atom is 0.417 e. The number of carbonyl (C=O) groups is 1. The Morgan fingerprint density at radius 3 is 2.47 bits per heavy atom. The first kappa shape index (κ1) is 23.7. The molecule has 1 N–H and O–H groups in total. The fourth-order valence-corrected chi connectivity index (χ4v) is 3.88. The van der Waals surface area contributed by atoms with E-state index in [4.69, 9.17) is 9.47 Å². The molecule has 0 unspecified atom stereocenters. The number of carbonyl (C=O) groups excluding carboxylic acids is 1. The molecule has 2 heterocycles. The van der Waals surface area contributed by atoms with Gasteiger partial charge in [-0.2, -0.15) is 17.6 Å². The van der Waals surface area contributed by atoms with Crippen molar-refractivity contribution < 1.29 is 36.2 Å². The summed E-state index contributed by atoms with van der Waals surface area (Å²) in [4.78, 5) is 24.8. The van der Waals surface area contributed by atoms with E-state index in [1.165, 1.54) is 30.8 Å². The van der Waals surface area contributed by atoms with Crippen LogP contribution in [-0.2, 0) is 16.6 Å². The van der Waals surface area contributed by atoms with E-state index in [0.717, 1.165) is 32.2 Å². The first-order valence-corrected chi connectivity index (χ1v) is 9.55. The van der Waals surface area contributed by atoms with Crippen LogP contribution in [0.3, 0.4) is 0 Å². The van der Waals surface area contributed by atoms with Crippen molar-refractivity contribution in [3.8, 4) is 5.75 Å². The van der Waals surface area contributed by atoms with Crippen molar-refractivity contribution in [2.45, 2.75) is 37.6 Å². The predicted molar refractivity (Wildman–Crippen MR) is 104 cm³/mol. The molecule has 1 aliphatic rings. The van der Waals surface area contributed by atoms with E-state index in [-0.39, 0.29) is 11.3 Å². The average molecular weight is 460 g/mol. The summed E-state index contributed by atoms with van der Waals surface area (Å²) in [5, 5.41) is 2.37. The summed E-state index contributed by atoms with van der Waals surface area (Å²) in [5.74, 6) is -6.93. The Bertz CT molecular complexity index is 1100. The Labute approximate surface area is 179 Å². The summed E-state index contributed by atoms with van der Waals surface area (Å²) in [6, 6.07) is 4.29. The number of methoxy groups -OCH3 is 1. The number of aromatic nitrogens is 1. The molecule has 3 rings (SSSR count). The van der Waals surface area contributed by atoms with Crippen LogP contribution in [0.2, 0.25) is 0 Å². The van der Waals surface area contributed by atoms with E-state index in [2.05, 4.69) is 5.32 Å². The maximum absolute atomic E-state index is 14.3. The van der Waals surface area contributed by atoms with E-state index in [9.17, 15) is 31.5 Å². The van der Waals surface area contributed by atoms with E-state index in [0.29, 0.717) is 0 Å². The predicted octanol–water partition coefficient (Wildman–Crippen LogP) is 3.75. The number of nitrogens with zero attached hydrogens (tertiary/aromatic N) is 1. The zero-order chi connectivity index (χ0) is 24.0. The van der Waals surface area contributed by atoms with Crippen LogP contribution in [0.25, 0.3) is 0 Å². The van der Waals surface area contributed by atoms with Gasteiger partial charge in [0.2, 0.25) is 5.82 Å². The second-order valence-electron chi connectivity index (χ2n) is 7.80. The number of rotatable bonds is 4. The number of nitrogens with one attached hydrogen (secondary N) is 1. The van der Waals surface area contributed by atoms with Crippen LogP contribution < -0.4 is 15.6 Å². The molecule has 1 fully saturated rings. The van der Waals surface area contributed by atoms with E-state index in [1.54, 1.807) is 0 Å². The van der Waals surface area contributed by atoms with Crippen molar-refractivity contribution in [1.82, 2.24) is 4.57 Å². The van der Waals surface area contributed by atoms with Gasteiger partial charge in [0.15, 0.2) is 17.2 Å². The minimum Gasteiger partial charge on any atom is -0.493 e. The molecule has 1 saturated heterocycles. The lowest BCUT2D eigenvalue weighted by atomic mass is 9.77. The van der Waals surface area contributed by atoms with E-state index in [1.807, 2.05) is 0 Å². The Kier molecular flexibility index (Phi) is 6.07. The highest BCUT2D eigenvalue weighted by Crippen LogP contribution is 2.54. The Balaban J connectivity index is 2.09. The van der Waals surface area contributed by atoms with Gasteiger partial charge >= 0.3 is 6.18 Å². The molecule has 4 atom stereocenters. The Morgan fingerprint density at radius 1 is 1.25 bits per heavy atom. The maximum atomic E-state index is 14.3. The zero-order valence-electron chi connectivity index (χ0n) is 17.6. The second kappa shape index (κ2) is 8.19. The monoisotopic (exact) mass is 460 g/mol. The zero-order valence-corrected chi connectivity index (χ0v) is 17.6. The molecule has 1 amide bonds. The van der Waals surface area contributed by atoms with Gasteiger partial charge in [-0.1, -0.05) is 13.0 Å². The molecule has 32 heavy (non-hydrogen) atoms. The number of pyridine rings is 1. The number of hydrogen-bond donors (Lipinski definition) is 1. The lowest BCUT2D eigenvalue weighted by Crippen LogP contribution is -2.47. The molecule has 174 valence electrons. The van der Waals surface area contributed by atoms with Crippen LogP contribution in [0.4, 0.5) is 27.6 Å². The average Bonchev–Trinajstić information content (AvgIpc) is 2.99. The van der Waals surface area contributed by atoms with Gasteiger partial charge < -0.3 is 19.4 Å². The van der Waals surface area contributed by atoms with Gasteiger partial charge in [-0.3, -0.25) is 9.59 Å². The van der Waals surface area contributed by atoms with E-state index < -0.39 is 58.6 Å². The number of hydrogen-bond acceptors (Lipinski definition) is 4. The molecule has 0 saturated carbocycles. The van der Waals surface area contributed by atoms with Crippen LogP contribution in [0.15, 0.2) is 35.3 Å². The molecule has 11 heteroatoms. The lowest BCUT2D eigenvalue weighted by molar-refractivity contribution is -0.272. The fraction of sp³-hybridized carbons (Fsp3) is 0.429. The minimum absolute atomic E-state index is 0.0472. The van der Waals surface area contributed by atoms with Gasteiger partial charge in [-0.05, 0) is 19.1 Å². The van der Waals surface area contributed by atoms with Gasteiger partial charge in [0.05, 0.1) is 7.11 Å². The number of aryl methyl sites for hydroxylation is 1. The summed E-state index contributed by atoms with van der Waals surface area (Å²) in [7, 11) is 2.52. The molecular formula is C21H21F5N2O4. The van der Waals surface area contributed by atoms with Gasteiger partial charge in [-0.25, -0.2) is 4.39 Å². The van der Waals surface area contributed by atoms with E-state index >= 15 is 0 Å². The lowest BCUT2D eigenvalue weighted by Gasteiger charge is -2.32. The summed E-state index contributed by atoms with van der Waals surface area (Å²) in [5.41, 5.74) is -3.31. The van der Waals surface area contributed by atoms with Crippen molar-refractivity contribution in [2.24, 2.45) is 13.0 Å². The largest absolute Gasteiger partial charge is 0.493 e. The third-order valence-corrected chi connectivity index (χ3v) is 5.94. The molecule has 1 aromatic heterocycles. The topological polar surface area (TPSA) is 69.6 Å². The number of ether oxygens (including phenoxy) is 2. The summed E-state index contributed by atoms with van der Waals surface area (Å²) < 4.78 is 81.2. The van der Waals surface area contributed by atoms with Crippen molar-refractivity contribution >= 4 is 11.6 Å². The minimum atomic E-state index is -4.87. The molecule has 2 aromatic rings.